The average Bonchev–Trinajstić information content (AvgIpc) is 3.19. The van der Waals surface area contributed by atoms with Gasteiger partial charge >= 0.3 is 0 Å². The van der Waals surface area contributed by atoms with E-state index in [1.165, 1.54) is 4.90 Å². The molecule has 0 saturated carbocycles. The fourth-order valence-corrected chi connectivity index (χ4v) is 3.25. The molecule has 2 rings (SSSR count). The van der Waals surface area contributed by atoms with Gasteiger partial charge in [0, 0.05) is 38.4 Å². The highest BCUT2D eigenvalue weighted by Crippen LogP contribution is 2.20. The number of hydrogen-bond acceptors (Lipinski definition) is 6. The Bertz CT molecular complexity index is 1130. The fourth-order valence-electron chi connectivity index (χ4n) is 3.25. The van der Waals surface area contributed by atoms with Crippen LogP contribution in [0.3, 0.4) is 0 Å². The van der Waals surface area contributed by atoms with Gasteiger partial charge in [-0.15, -0.1) is 6.42 Å². The zero-order valence-electron chi connectivity index (χ0n) is 18.3. The predicted molar refractivity (Wildman–Crippen MR) is 121 cm³/mol. The Morgan fingerprint density at radius 2 is 1.58 bits per heavy atom. The molecular weight excluding hydrogens is 420 g/mol. The minimum atomic E-state index is -0.789. The molecule has 0 aromatic rings. The Morgan fingerprint density at radius 1 is 0.939 bits per heavy atom. The van der Waals surface area contributed by atoms with Crippen molar-refractivity contribution in [2.24, 2.45) is 16.8 Å². The third-order valence-electron chi connectivity index (χ3n) is 4.96. The van der Waals surface area contributed by atoms with Gasteiger partial charge in [-0.2, -0.15) is 0 Å². The van der Waals surface area contributed by atoms with Crippen molar-refractivity contribution in [3.05, 3.63) is 0 Å². The van der Waals surface area contributed by atoms with Crippen LogP contribution < -0.4 is 0 Å². The maximum atomic E-state index is 12.7. The molecule has 8 nitrogen and oxygen atoms in total. The first-order valence-corrected chi connectivity index (χ1v) is 10.2. The SMILES string of the molecule is C#CC#CC#CC#CC#CC1CC(=O)N(CN(CCN=C)CCN2C(=O)CC(C)C2=O)C1=O. The number of carbonyl (C=O) groups excluding carboxylic acids is 4. The van der Waals surface area contributed by atoms with Crippen LogP contribution in [-0.4, -0.2) is 77.9 Å². The molecule has 2 fully saturated rings. The van der Waals surface area contributed by atoms with Crippen LogP contribution in [-0.2, 0) is 19.2 Å². The molecule has 0 N–H and O–H groups in total. The van der Waals surface area contributed by atoms with Gasteiger partial charge in [0.05, 0.1) is 13.2 Å². The van der Waals surface area contributed by atoms with E-state index in [9.17, 15) is 19.2 Å². The van der Waals surface area contributed by atoms with Crippen LogP contribution in [0.25, 0.3) is 0 Å². The topological polar surface area (TPSA) is 90.4 Å². The number of rotatable bonds is 8. The van der Waals surface area contributed by atoms with E-state index >= 15 is 0 Å². The summed E-state index contributed by atoms with van der Waals surface area (Å²) in [6.07, 6.45) is 5.12. The number of aliphatic imine (C=N–C) groups is 1. The third-order valence-corrected chi connectivity index (χ3v) is 4.96. The second kappa shape index (κ2) is 12.5. The zero-order valence-corrected chi connectivity index (χ0v) is 18.3. The van der Waals surface area contributed by atoms with Crippen molar-refractivity contribution in [3.63, 3.8) is 0 Å². The van der Waals surface area contributed by atoms with E-state index in [2.05, 4.69) is 65.0 Å². The summed E-state index contributed by atoms with van der Waals surface area (Å²) in [4.78, 5) is 57.2. The molecule has 0 aromatic carbocycles. The number of terminal acetylenes is 1. The van der Waals surface area contributed by atoms with Crippen molar-refractivity contribution in [3.8, 4) is 59.7 Å². The van der Waals surface area contributed by atoms with Crippen molar-refractivity contribution in [1.82, 2.24) is 14.7 Å². The Morgan fingerprint density at radius 3 is 2.18 bits per heavy atom. The molecule has 2 aliphatic heterocycles. The second-order valence-corrected chi connectivity index (χ2v) is 7.28. The number of amides is 4. The largest absolute Gasteiger partial charge is 0.300 e. The molecule has 166 valence electrons. The van der Waals surface area contributed by atoms with Crippen LogP contribution in [0.5, 0.6) is 0 Å². The zero-order chi connectivity index (χ0) is 24.2. The third kappa shape index (κ3) is 7.12. The molecule has 4 amide bonds. The number of carbonyl (C=O) groups is 4. The van der Waals surface area contributed by atoms with Crippen LogP contribution >= 0.6 is 0 Å². The first kappa shape index (κ1) is 25.0. The van der Waals surface area contributed by atoms with E-state index in [-0.39, 0.29) is 49.7 Å². The summed E-state index contributed by atoms with van der Waals surface area (Å²) in [5, 5.41) is 0. The van der Waals surface area contributed by atoms with Gasteiger partial charge < -0.3 is 0 Å². The fraction of sp³-hybridized carbons (Fsp3) is 0.400. The summed E-state index contributed by atoms with van der Waals surface area (Å²) >= 11 is 0. The Balaban J connectivity index is 2.00. The Kier molecular flexibility index (Phi) is 9.49. The average molecular weight is 442 g/mol. The van der Waals surface area contributed by atoms with E-state index in [1.54, 1.807) is 11.8 Å². The van der Waals surface area contributed by atoms with Gasteiger partial charge in [0.15, 0.2) is 0 Å². The van der Waals surface area contributed by atoms with E-state index < -0.39 is 11.8 Å². The lowest BCUT2D eigenvalue weighted by atomic mass is 10.1. The molecular formula is C25H22N4O4. The lowest BCUT2D eigenvalue weighted by molar-refractivity contribution is -0.143. The quantitative estimate of drug-likeness (QED) is 0.284. The molecule has 2 atom stereocenters. The highest BCUT2D eigenvalue weighted by Gasteiger charge is 2.39. The predicted octanol–water partition coefficient (Wildman–Crippen LogP) is -0.637. The first-order chi connectivity index (χ1) is 15.9. The highest BCUT2D eigenvalue weighted by molar-refractivity contribution is 6.05. The second-order valence-electron chi connectivity index (χ2n) is 7.28. The Labute approximate surface area is 193 Å². The highest BCUT2D eigenvalue weighted by atomic mass is 16.2. The molecule has 8 heteroatoms. The van der Waals surface area contributed by atoms with Gasteiger partial charge in [-0.1, -0.05) is 12.8 Å². The van der Waals surface area contributed by atoms with Gasteiger partial charge in [-0.3, -0.25) is 38.9 Å². The van der Waals surface area contributed by atoms with Gasteiger partial charge in [-0.05, 0) is 54.1 Å². The monoisotopic (exact) mass is 442 g/mol. The van der Waals surface area contributed by atoms with Gasteiger partial charge in [-0.25, -0.2) is 0 Å². The first-order valence-electron chi connectivity index (χ1n) is 10.2. The van der Waals surface area contributed by atoms with Crippen LogP contribution in [0.2, 0.25) is 0 Å². The van der Waals surface area contributed by atoms with Crippen molar-refractivity contribution in [1.29, 1.82) is 0 Å². The van der Waals surface area contributed by atoms with E-state index in [0.29, 0.717) is 19.6 Å². The van der Waals surface area contributed by atoms with E-state index in [1.807, 2.05) is 0 Å². The molecule has 2 unspecified atom stereocenters. The summed E-state index contributed by atoms with van der Waals surface area (Å²) in [7, 11) is 0. The van der Waals surface area contributed by atoms with Gasteiger partial charge in [0.1, 0.15) is 5.92 Å². The lowest BCUT2D eigenvalue weighted by Gasteiger charge is -2.27. The molecule has 0 spiro atoms. The molecule has 0 aromatic heterocycles. The van der Waals surface area contributed by atoms with Crippen LogP contribution in [0, 0.1) is 71.5 Å². The van der Waals surface area contributed by atoms with Crippen molar-refractivity contribution in [2.75, 3.05) is 32.8 Å². The van der Waals surface area contributed by atoms with Gasteiger partial charge in [0.2, 0.25) is 23.6 Å². The van der Waals surface area contributed by atoms with Crippen molar-refractivity contribution >= 4 is 30.3 Å². The Hall–Kier alpha value is -4.29. The number of imide groups is 2. The van der Waals surface area contributed by atoms with Crippen molar-refractivity contribution < 1.29 is 19.2 Å². The number of nitrogens with zero attached hydrogens (tertiary/aromatic N) is 4. The summed E-state index contributed by atoms with van der Waals surface area (Å²) in [5.74, 6) is 19.6. The van der Waals surface area contributed by atoms with E-state index in [0.717, 1.165) is 4.90 Å². The molecule has 2 heterocycles. The standard InChI is InChI=1S/C25H22N4O4/c1-4-5-6-7-8-9-10-11-12-21-18-23(31)29(25(21)33)19-27(14-13-26-3)15-16-28-22(30)17-20(2)24(28)32/h1,20-21H,3,13-19H2,2H3. The van der Waals surface area contributed by atoms with Crippen molar-refractivity contribution in [2.45, 2.75) is 19.8 Å². The van der Waals surface area contributed by atoms with E-state index in [4.69, 9.17) is 6.42 Å². The molecule has 0 bridgehead atoms. The molecule has 33 heavy (non-hydrogen) atoms. The molecule has 0 radical (unpaired) electrons. The summed E-state index contributed by atoms with van der Waals surface area (Å²) < 4.78 is 0. The minimum absolute atomic E-state index is 0.0160. The molecule has 2 aliphatic rings. The molecule has 2 saturated heterocycles. The summed E-state index contributed by atoms with van der Waals surface area (Å²) in [5.41, 5.74) is 0. The van der Waals surface area contributed by atoms with Crippen LogP contribution in [0.4, 0.5) is 0 Å². The lowest BCUT2D eigenvalue weighted by Crippen LogP contribution is -2.46. The number of likely N-dealkylation sites (tertiary alicyclic amines) is 2. The van der Waals surface area contributed by atoms with Gasteiger partial charge in [0.25, 0.3) is 0 Å². The maximum Gasteiger partial charge on any atom is 0.246 e. The summed E-state index contributed by atoms with van der Waals surface area (Å²) in [6, 6.07) is 0. The summed E-state index contributed by atoms with van der Waals surface area (Å²) in [6.45, 7) is 6.45. The van der Waals surface area contributed by atoms with Crippen LogP contribution in [0.1, 0.15) is 19.8 Å². The van der Waals surface area contributed by atoms with Crippen LogP contribution in [0.15, 0.2) is 4.99 Å². The maximum absolute atomic E-state index is 12.7. The number of hydrogen-bond donors (Lipinski definition) is 0. The molecule has 0 aliphatic carbocycles. The minimum Gasteiger partial charge on any atom is -0.300 e. The smallest absolute Gasteiger partial charge is 0.246 e. The normalized spacial score (nSPS) is 18.9.